The Morgan fingerprint density at radius 3 is 1.79 bits per heavy atom. The maximum Gasteiger partial charge on any atom is 0.149 e. The molecule has 0 N–H and O–H groups in total. The van der Waals surface area contributed by atoms with Crippen molar-refractivity contribution in [2.45, 2.75) is 34.1 Å². The van der Waals surface area contributed by atoms with E-state index in [4.69, 9.17) is 0 Å². The van der Waals surface area contributed by atoms with Gasteiger partial charge < -0.3 is 4.90 Å². The zero-order valence-corrected chi connectivity index (χ0v) is 12.8. The topological polar surface area (TPSA) is 40.6 Å². The number of Topliss-reactive ketones (excluding diaryl/α,β-unsaturated/α-hetero) is 2. The second kappa shape index (κ2) is 7.75. The van der Waals surface area contributed by atoms with Crippen LogP contribution in [-0.2, 0) is 9.59 Å². The molecule has 0 aliphatic carbocycles. The highest BCUT2D eigenvalue weighted by Crippen LogP contribution is 2.06. The molecule has 0 atom stereocenters. The summed E-state index contributed by atoms with van der Waals surface area (Å²) in [5.41, 5.74) is 0. The monoisotopic (exact) mass is 268 g/mol. The van der Waals surface area contributed by atoms with E-state index >= 15 is 0 Å². The number of rotatable bonds is 7. The summed E-state index contributed by atoms with van der Waals surface area (Å²) in [5.74, 6) is 0.937. The van der Waals surface area contributed by atoms with Crippen molar-refractivity contribution in [2.75, 3.05) is 39.3 Å². The number of carbonyl (C=O) groups excluding carboxylic acids is 2. The van der Waals surface area contributed by atoms with E-state index in [1.807, 2.05) is 27.7 Å². The van der Waals surface area contributed by atoms with Gasteiger partial charge in [-0.2, -0.15) is 0 Å². The van der Waals surface area contributed by atoms with E-state index in [1.165, 1.54) is 0 Å². The molecule has 0 radical (unpaired) electrons. The van der Waals surface area contributed by atoms with Crippen molar-refractivity contribution in [1.82, 2.24) is 9.80 Å². The van der Waals surface area contributed by atoms with Gasteiger partial charge in [-0.25, -0.2) is 0 Å². The van der Waals surface area contributed by atoms with E-state index in [-0.39, 0.29) is 11.8 Å². The third-order valence-electron chi connectivity index (χ3n) is 3.81. The molecule has 19 heavy (non-hydrogen) atoms. The molecule has 4 nitrogen and oxygen atoms in total. The fraction of sp³-hybridized carbons (Fsp3) is 0.867. The standard InChI is InChI=1S/C15H28N2O2/c1-12(2)14(18)5-6-16-7-9-17(10-8-16)11-15(19)13(3)4/h12-13H,5-11H2,1-4H3. The molecule has 1 aliphatic rings. The maximum absolute atomic E-state index is 11.7. The second-order valence-electron chi connectivity index (χ2n) is 6.11. The predicted octanol–water partition coefficient (Wildman–Crippen LogP) is 1.44. The minimum Gasteiger partial charge on any atom is -0.300 e. The predicted molar refractivity (Wildman–Crippen MR) is 77.2 cm³/mol. The molecule has 0 aromatic heterocycles. The van der Waals surface area contributed by atoms with E-state index in [9.17, 15) is 9.59 Å². The summed E-state index contributed by atoms with van der Waals surface area (Å²) in [4.78, 5) is 27.8. The first-order chi connectivity index (χ1) is 8.90. The van der Waals surface area contributed by atoms with Gasteiger partial charge >= 0.3 is 0 Å². The Labute approximate surface area is 117 Å². The van der Waals surface area contributed by atoms with Gasteiger partial charge in [-0.1, -0.05) is 27.7 Å². The zero-order chi connectivity index (χ0) is 14.4. The van der Waals surface area contributed by atoms with Crippen LogP contribution in [0.4, 0.5) is 0 Å². The van der Waals surface area contributed by atoms with Crippen molar-refractivity contribution >= 4 is 11.6 Å². The highest BCUT2D eigenvalue weighted by atomic mass is 16.1. The van der Waals surface area contributed by atoms with E-state index in [1.54, 1.807) is 0 Å². The van der Waals surface area contributed by atoms with Crippen molar-refractivity contribution in [3.63, 3.8) is 0 Å². The van der Waals surface area contributed by atoms with Crippen LogP contribution < -0.4 is 0 Å². The minimum absolute atomic E-state index is 0.127. The van der Waals surface area contributed by atoms with Gasteiger partial charge in [-0.15, -0.1) is 0 Å². The molecule has 1 rings (SSSR count). The first-order valence-corrected chi connectivity index (χ1v) is 7.40. The van der Waals surface area contributed by atoms with Crippen LogP contribution in [0, 0.1) is 11.8 Å². The molecule has 1 saturated heterocycles. The molecule has 0 bridgehead atoms. The van der Waals surface area contributed by atoms with Gasteiger partial charge in [0.15, 0.2) is 0 Å². The average Bonchev–Trinajstić information content (AvgIpc) is 2.37. The van der Waals surface area contributed by atoms with Crippen LogP contribution >= 0.6 is 0 Å². The molecule has 0 aromatic rings. The summed E-state index contributed by atoms with van der Waals surface area (Å²) in [6.07, 6.45) is 0.655. The Morgan fingerprint density at radius 1 is 0.842 bits per heavy atom. The maximum atomic E-state index is 11.7. The van der Waals surface area contributed by atoms with Gasteiger partial charge in [0.05, 0.1) is 6.54 Å². The van der Waals surface area contributed by atoms with Crippen LogP contribution in [-0.4, -0.2) is 60.6 Å². The fourth-order valence-corrected chi connectivity index (χ4v) is 2.13. The molecule has 0 spiro atoms. The molecule has 0 aromatic carbocycles. The third kappa shape index (κ3) is 5.83. The van der Waals surface area contributed by atoms with Crippen LogP contribution in [0.5, 0.6) is 0 Å². The first kappa shape index (κ1) is 16.3. The lowest BCUT2D eigenvalue weighted by Crippen LogP contribution is -2.48. The largest absolute Gasteiger partial charge is 0.300 e. The summed E-state index contributed by atoms with van der Waals surface area (Å²) >= 11 is 0. The minimum atomic E-state index is 0.127. The Morgan fingerprint density at radius 2 is 1.32 bits per heavy atom. The van der Waals surface area contributed by atoms with Crippen LogP contribution in [0.1, 0.15) is 34.1 Å². The lowest BCUT2D eigenvalue weighted by molar-refractivity contribution is -0.123. The second-order valence-corrected chi connectivity index (χ2v) is 6.11. The molecule has 1 heterocycles. The number of carbonyl (C=O) groups is 2. The van der Waals surface area contributed by atoms with Crippen molar-refractivity contribution in [2.24, 2.45) is 11.8 Å². The lowest BCUT2D eigenvalue weighted by Gasteiger charge is -2.34. The molecule has 0 saturated carbocycles. The van der Waals surface area contributed by atoms with E-state index in [0.29, 0.717) is 24.5 Å². The van der Waals surface area contributed by atoms with Crippen molar-refractivity contribution in [1.29, 1.82) is 0 Å². The summed E-state index contributed by atoms with van der Waals surface area (Å²) in [5, 5.41) is 0. The number of nitrogens with zero attached hydrogens (tertiary/aromatic N) is 2. The molecule has 0 unspecified atom stereocenters. The Balaban J connectivity index is 2.22. The Bertz CT molecular complexity index is 305. The zero-order valence-electron chi connectivity index (χ0n) is 12.8. The van der Waals surface area contributed by atoms with Crippen molar-refractivity contribution in [3.8, 4) is 0 Å². The van der Waals surface area contributed by atoms with Crippen LogP contribution in [0.3, 0.4) is 0 Å². The smallest absolute Gasteiger partial charge is 0.149 e. The number of hydrogen-bond acceptors (Lipinski definition) is 4. The van der Waals surface area contributed by atoms with Crippen LogP contribution in [0.25, 0.3) is 0 Å². The normalized spacial score (nSPS) is 18.2. The molecular formula is C15H28N2O2. The van der Waals surface area contributed by atoms with Crippen LogP contribution in [0.15, 0.2) is 0 Å². The molecular weight excluding hydrogens is 240 g/mol. The highest BCUT2D eigenvalue weighted by molar-refractivity contribution is 5.82. The van der Waals surface area contributed by atoms with Gasteiger partial charge in [-0.05, 0) is 0 Å². The Kier molecular flexibility index (Phi) is 6.66. The summed E-state index contributed by atoms with van der Waals surface area (Å²) in [7, 11) is 0. The molecule has 110 valence electrons. The van der Waals surface area contributed by atoms with Crippen molar-refractivity contribution in [3.05, 3.63) is 0 Å². The molecule has 0 amide bonds. The quantitative estimate of drug-likeness (QED) is 0.700. The third-order valence-corrected chi connectivity index (χ3v) is 3.81. The lowest BCUT2D eigenvalue weighted by atomic mass is 10.1. The van der Waals surface area contributed by atoms with Gasteiger partial charge in [0.1, 0.15) is 11.6 Å². The first-order valence-electron chi connectivity index (χ1n) is 7.40. The highest BCUT2D eigenvalue weighted by Gasteiger charge is 2.20. The Hall–Kier alpha value is -0.740. The van der Waals surface area contributed by atoms with E-state index < -0.39 is 0 Å². The summed E-state index contributed by atoms with van der Waals surface area (Å²) in [6.45, 7) is 13.1. The van der Waals surface area contributed by atoms with Crippen molar-refractivity contribution < 1.29 is 9.59 Å². The molecule has 1 aliphatic heterocycles. The SMILES string of the molecule is CC(C)C(=O)CCN1CCN(CC(=O)C(C)C)CC1. The van der Waals surface area contributed by atoms with Crippen LogP contribution in [0.2, 0.25) is 0 Å². The van der Waals surface area contributed by atoms with Gasteiger partial charge in [-0.3, -0.25) is 14.5 Å². The average molecular weight is 268 g/mol. The van der Waals surface area contributed by atoms with E-state index in [2.05, 4.69) is 9.80 Å². The number of piperazine rings is 1. The fourth-order valence-electron chi connectivity index (χ4n) is 2.13. The summed E-state index contributed by atoms with van der Waals surface area (Å²) in [6, 6.07) is 0. The number of hydrogen-bond donors (Lipinski definition) is 0. The summed E-state index contributed by atoms with van der Waals surface area (Å²) < 4.78 is 0. The van der Waals surface area contributed by atoms with E-state index in [0.717, 1.165) is 32.7 Å². The molecule has 1 fully saturated rings. The van der Waals surface area contributed by atoms with Gasteiger partial charge in [0, 0.05) is 51.0 Å². The van der Waals surface area contributed by atoms with Gasteiger partial charge in [0.2, 0.25) is 0 Å². The molecule has 4 heteroatoms. The number of ketones is 2. The van der Waals surface area contributed by atoms with Gasteiger partial charge in [0.25, 0.3) is 0 Å².